The third kappa shape index (κ3) is 4.12. The molecule has 0 radical (unpaired) electrons. The Kier molecular flexibility index (Phi) is 5.86. The van der Waals surface area contributed by atoms with Crippen LogP contribution >= 0.6 is 11.3 Å². The smallest absolute Gasteiger partial charge is 0.261 e. The van der Waals surface area contributed by atoms with Crippen molar-refractivity contribution in [1.29, 1.82) is 0 Å². The van der Waals surface area contributed by atoms with Crippen LogP contribution < -0.4 is 15.8 Å². The zero-order valence-corrected chi connectivity index (χ0v) is 19.2. The van der Waals surface area contributed by atoms with E-state index in [1.54, 1.807) is 23.7 Å². The minimum atomic E-state index is -0.191. The number of nitrogens with zero attached hydrogens (tertiary/aromatic N) is 3. The van der Waals surface area contributed by atoms with E-state index in [0.717, 1.165) is 48.3 Å². The zero-order chi connectivity index (χ0) is 22.9. The molecule has 2 aromatic carbocycles. The minimum absolute atomic E-state index is 0.0910. The van der Waals surface area contributed by atoms with Crippen LogP contribution in [0.1, 0.15) is 9.67 Å². The molecule has 2 aromatic heterocycles. The number of anilines is 1. The number of thiophene rings is 1. The van der Waals surface area contributed by atoms with Gasteiger partial charge in [0.2, 0.25) is 0 Å². The highest BCUT2D eigenvalue weighted by molar-refractivity contribution is 7.21. The van der Waals surface area contributed by atoms with E-state index in [1.165, 1.54) is 17.4 Å². The molecule has 8 heteroatoms. The van der Waals surface area contributed by atoms with E-state index in [-0.39, 0.29) is 17.3 Å². The maximum Gasteiger partial charge on any atom is 0.261 e. The van der Waals surface area contributed by atoms with Gasteiger partial charge in [0.25, 0.3) is 11.5 Å². The van der Waals surface area contributed by atoms with Gasteiger partial charge in [0.05, 0.1) is 21.5 Å². The molecule has 1 fully saturated rings. The molecule has 0 unspecified atom stereocenters. The van der Waals surface area contributed by atoms with Gasteiger partial charge in [0.15, 0.2) is 0 Å². The molecular weight excluding hydrogens is 439 g/mol. The highest BCUT2D eigenvalue weighted by Crippen LogP contribution is 2.30. The number of carbonyl (C=O) groups is 1. The second-order valence-electron chi connectivity index (χ2n) is 8.27. The van der Waals surface area contributed by atoms with E-state index in [1.807, 2.05) is 36.4 Å². The number of halogens is 1. The fourth-order valence-corrected chi connectivity index (χ4v) is 5.55. The molecule has 33 heavy (non-hydrogen) atoms. The standard InChI is InChI=1S/C25H25FN4O2S/c1-28-20-8-4-2-6-17(20)23-18(25(28)32)16-22(33-23)24(31)27-10-11-29-12-14-30(15-13-29)21-9-5-3-7-19(21)26/h2-9,16H,10-15H2,1H3,(H,27,31). The number of nitrogens with one attached hydrogen (secondary N) is 1. The Balaban J connectivity index is 1.21. The lowest BCUT2D eigenvalue weighted by atomic mass is 10.2. The van der Waals surface area contributed by atoms with Crippen molar-refractivity contribution in [2.75, 3.05) is 44.2 Å². The SMILES string of the molecule is Cn1c(=O)c2cc(C(=O)NCCN3CCN(c4ccccc4F)CC3)sc2c2ccccc21. The lowest BCUT2D eigenvalue weighted by molar-refractivity contribution is 0.0952. The second kappa shape index (κ2) is 8.96. The number of hydrogen-bond donors (Lipinski definition) is 1. The van der Waals surface area contributed by atoms with E-state index >= 15 is 0 Å². The lowest BCUT2D eigenvalue weighted by Crippen LogP contribution is -2.48. The quantitative estimate of drug-likeness (QED) is 0.492. The van der Waals surface area contributed by atoms with Crippen molar-refractivity contribution >= 4 is 43.9 Å². The van der Waals surface area contributed by atoms with E-state index < -0.39 is 0 Å². The molecule has 5 rings (SSSR count). The minimum Gasteiger partial charge on any atom is -0.367 e. The summed E-state index contributed by atoms with van der Waals surface area (Å²) < 4.78 is 16.5. The number of fused-ring (bicyclic) bond motifs is 3. The van der Waals surface area contributed by atoms with Gasteiger partial charge in [-0.05, 0) is 24.3 Å². The maximum atomic E-state index is 14.0. The number of aromatic nitrogens is 1. The first kappa shape index (κ1) is 21.6. The van der Waals surface area contributed by atoms with Crippen LogP contribution in [0.5, 0.6) is 0 Å². The molecule has 1 N–H and O–H groups in total. The summed E-state index contributed by atoms with van der Waals surface area (Å²) in [6.45, 7) is 4.38. The van der Waals surface area contributed by atoms with Crippen molar-refractivity contribution in [1.82, 2.24) is 14.8 Å². The fourth-order valence-electron chi connectivity index (χ4n) is 4.45. The van der Waals surface area contributed by atoms with Crippen molar-refractivity contribution in [3.63, 3.8) is 0 Å². The van der Waals surface area contributed by atoms with Gasteiger partial charge in [-0.3, -0.25) is 14.5 Å². The summed E-state index contributed by atoms with van der Waals surface area (Å²) in [5.74, 6) is -0.350. The van der Waals surface area contributed by atoms with Crippen LogP contribution in [0.2, 0.25) is 0 Å². The van der Waals surface area contributed by atoms with Gasteiger partial charge < -0.3 is 14.8 Å². The largest absolute Gasteiger partial charge is 0.367 e. The molecule has 1 aliphatic heterocycles. The topological polar surface area (TPSA) is 57.6 Å². The van der Waals surface area contributed by atoms with E-state index in [2.05, 4.69) is 15.1 Å². The summed E-state index contributed by atoms with van der Waals surface area (Å²) in [7, 11) is 1.76. The number of carbonyl (C=O) groups excluding carboxylic acids is 1. The van der Waals surface area contributed by atoms with E-state index in [9.17, 15) is 14.0 Å². The number of hydrogen-bond acceptors (Lipinski definition) is 5. The first-order chi connectivity index (χ1) is 16.0. The summed E-state index contributed by atoms with van der Waals surface area (Å²) in [5.41, 5.74) is 1.42. The maximum absolute atomic E-state index is 14.0. The molecule has 1 amide bonds. The predicted octanol–water partition coefficient (Wildman–Crippen LogP) is 3.44. The van der Waals surface area contributed by atoms with Gasteiger partial charge >= 0.3 is 0 Å². The average Bonchev–Trinajstić information content (AvgIpc) is 3.29. The molecule has 0 aliphatic carbocycles. The Morgan fingerprint density at radius 1 is 1.03 bits per heavy atom. The Labute approximate surface area is 194 Å². The van der Waals surface area contributed by atoms with E-state index in [4.69, 9.17) is 0 Å². The van der Waals surface area contributed by atoms with Gasteiger partial charge in [0.1, 0.15) is 5.82 Å². The molecule has 1 aliphatic rings. The number of benzene rings is 2. The van der Waals surface area contributed by atoms with Gasteiger partial charge in [0, 0.05) is 56.4 Å². The van der Waals surface area contributed by atoms with Gasteiger partial charge in [-0.15, -0.1) is 11.3 Å². The number of pyridine rings is 1. The molecule has 3 heterocycles. The molecule has 0 spiro atoms. The van der Waals surface area contributed by atoms with Crippen LogP contribution in [0, 0.1) is 5.82 Å². The van der Waals surface area contributed by atoms with Crippen molar-refractivity contribution in [3.8, 4) is 0 Å². The molecule has 0 atom stereocenters. The normalized spacial score (nSPS) is 14.8. The van der Waals surface area contributed by atoms with Crippen molar-refractivity contribution in [2.45, 2.75) is 0 Å². The number of aryl methyl sites for hydroxylation is 1. The van der Waals surface area contributed by atoms with Crippen LogP contribution in [0.3, 0.4) is 0 Å². The molecule has 0 bridgehead atoms. The van der Waals surface area contributed by atoms with E-state index in [0.29, 0.717) is 22.5 Å². The zero-order valence-electron chi connectivity index (χ0n) is 18.4. The third-order valence-electron chi connectivity index (χ3n) is 6.28. The van der Waals surface area contributed by atoms with Gasteiger partial charge in [-0.25, -0.2) is 4.39 Å². The number of para-hydroxylation sites is 2. The molecule has 6 nitrogen and oxygen atoms in total. The molecule has 4 aromatic rings. The number of rotatable bonds is 5. The van der Waals surface area contributed by atoms with Crippen LogP contribution in [-0.2, 0) is 7.05 Å². The van der Waals surface area contributed by atoms with Crippen molar-refractivity contribution in [3.05, 3.63) is 75.6 Å². The Bertz CT molecular complexity index is 1390. The summed E-state index contributed by atoms with van der Waals surface area (Å²) in [6.07, 6.45) is 0. The molecule has 1 saturated heterocycles. The summed E-state index contributed by atoms with van der Waals surface area (Å²) >= 11 is 1.36. The van der Waals surface area contributed by atoms with Crippen LogP contribution in [0.15, 0.2) is 59.4 Å². The Morgan fingerprint density at radius 2 is 1.76 bits per heavy atom. The first-order valence-electron chi connectivity index (χ1n) is 11.0. The first-order valence-corrected chi connectivity index (χ1v) is 11.9. The Hall–Kier alpha value is -3.23. The monoisotopic (exact) mass is 464 g/mol. The molecule has 170 valence electrons. The summed E-state index contributed by atoms with van der Waals surface area (Å²) in [6, 6.07) is 16.3. The molecular formula is C25H25FN4O2S. The van der Waals surface area contributed by atoms with Gasteiger partial charge in [-0.2, -0.15) is 0 Å². The van der Waals surface area contributed by atoms with Crippen molar-refractivity contribution in [2.24, 2.45) is 7.05 Å². The van der Waals surface area contributed by atoms with Crippen LogP contribution in [0.4, 0.5) is 10.1 Å². The average molecular weight is 465 g/mol. The third-order valence-corrected chi connectivity index (χ3v) is 7.45. The van der Waals surface area contributed by atoms with Crippen LogP contribution in [0.25, 0.3) is 21.0 Å². The van der Waals surface area contributed by atoms with Crippen LogP contribution in [-0.4, -0.2) is 54.6 Å². The Morgan fingerprint density at radius 3 is 2.55 bits per heavy atom. The predicted molar refractivity (Wildman–Crippen MR) is 132 cm³/mol. The van der Waals surface area contributed by atoms with Crippen molar-refractivity contribution < 1.29 is 9.18 Å². The lowest BCUT2D eigenvalue weighted by Gasteiger charge is -2.36. The highest BCUT2D eigenvalue weighted by Gasteiger charge is 2.20. The summed E-state index contributed by atoms with van der Waals surface area (Å²) in [4.78, 5) is 30.4. The second-order valence-corrected chi connectivity index (χ2v) is 9.32. The number of piperazine rings is 1. The fraction of sp³-hybridized carbons (Fsp3) is 0.280. The summed E-state index contributed by atoms with van der Waals surface area (Å²) in [5, 5.41) is 4.55. The molecule has 0 saturated carbocycles. The highest BCUT2D eigenvalue weighted by atomic mass is 32.1. The number of amides is 1. The van der Waals surface area contributed by atoms with Gasteiger partial charge in [-0.1, -0.05) is 30.3 Å².